The van der Waals surface area contributed by atoms with Crippen LogP contribution in [0, 0.1) is 5.92 Å². The van der Waals surface area contributed by atoms with Crippen molar-refractivity contribution in [2.45, 2.75) is 51.1 Å². The second-order valence-corrected chi connectivity index (χ2v) is 8.47. The first-order valence-corrected chi connectivity index (χ1v) is 9.86. The van der Waals surface area contributed by atoms with Crippen molar-refractivity contribution < 1.29 is 27.8 Å². The number of ether oxygens (including phenoxy) is 1. The van der Waals surface area contributed by atoms with Crippen LogP contribution in [-0.2, 0) is 6.54 Å². The fourth-order valence-corrected chi connectivity index (χ4v) is 4.32. The van der Waals surface area contributed by atoms with Gasteiger partial charge in [-0.3, -0.25) is 4.79 Å². The molecule has 1 aromatic heterocycles. The van der Waals surface area contributed by atoms with E-state index in [1.54, 1.807) is 43.0 Å². The van der Waals surface area contributed by atoms with Crippen LogP contribution >= 0.6 is 0 Å². The lowest BCUT2D eigenvalue weighted by Gasteiger charge is -2.37. The van der Waals surface area contributed by atoms with Crippen LogP contribution in [0.3, 0.4) is 0 Å². The molecule has 1 fully saturated rings. The Balaban J connectivity index is 1.72. The van der Waals surface area contributed by atoms with Crippen molar-refractivity contribution in [1.29, 1.82) is 0 Å². The molecule has 160 valence electrons. The quantitative estimate of drug-likeness (QED) is 0.761. The number of aliphatic hydroxyl groups is 1. The van der Waals surface area contributed by atoms with Gasteiger partial charge in [0.2, 0.25) is 5.88 Å². The van der Waals surface area contributed by atoms with E-state index in [-0.39, 0.29) is 23.7 Å². The lowest BCUT2D eigenvalue weighted by Crippen LogP contribution is -2.51. The van der Waals surface area contributed by atoms with Gasteiger partial charge in [0.15, 0.2) is 6.61 Å². The first-order valence-electron chi connectivity index (χ1n) is 9.86. The maximum absolute atomic E-state index is 13.4. The first kappa shape index (κ1) is 20.7. The molecule has 1 aromatic carbocycles. The summed E-state index contributed by atoms with van der Waals surface area (Å²) in [6.07, 6.45) is -1.23. The number of aromatic nitrogens is 1. The third-order valence-electron chi connectivity index (χ3n) is 5.53. The van der Waals surface area contributed by atoms with Gasteiger partial charge in [0.25, 0.3) is 5.91 Å². The van der Waals surface area contributed by atoms with Gasteiger partial charge < -0.3 is 14.7 Å². The predicted octanol–water partition coefficient (Wildman–Crippen LogP) is 4.20. The number of fused-ring (bicyclic) bond motifs is 1. The van der Waals surface area contributed by atoms with Gasteiger partial charge in [0.05, 0.1) is 17.2 Å². The molecule has 5 nitrogen and oxygen atoms in total. The van der Waals surface area contributed by atoms with E-state index < -0.39 is 18.4 Å². The van der Waals surface area contributed by atoms with Crippen LogP contribution in [0.25, 0.3) is 11.1 Å². The fourth-order valence-electron chi connectivity index (χ4n) is 4.32. The number of benzene rings is 1. The summed E-state index contributed by atoms with van der Waals surface area (Å²) in [6, 6.07) is 8.15. The highest BCUT2D eigenvalue weighted by atomic mass is 19.4. The Morgan fingerprint density at radius 1 is 1.20 bits per heavy atom. The molecule has 1 atom stereocenters. The van der Waals surface area contributed by atoms with Crippen molar-refractivity contribution in [1.82, 2.24) is 9.88 Å². The summed E-state index contributed by atoms with van der Waals surface area (Å²) in [7, 11) is 0. The molecule has 4 rings (SSSR count). The van der Waals surface area contributed by atoms with Crippen molar-refractivity contribution >= 4 is 5.91 Å². The van der Waals surface area contributed by atoms with Crippen LogP contribution in [0.2, 0.25) is 0 Å². The van der Waals surface area contributed by atoms with Gasteiger partial charge in [0, 0.05) is 23.9 Å². The molecular formula is C22H23F3N2O3. The first-order chi connectivity index (χ1) is 14.1. The summed E-state index contributed by atoms with van der Waals surface area (Å²) >= 11 is 0. The van der Waals surface area contributed by atoms with Crippen LogP contribution in [-0.4, -0.2) is 45.3 Å². The zero-order valence-corrected chi connectivity index (χ0v) is 16.7. The average Bonchev–Trinajstić information content (AvgIpc) is 3.43. The van der Waals surface area contributed by atoms with Crippen molar-refractivity contribution in [3.63, 3.8) is 0 Å². The molecule has 0 saturated heterocycles. The number of halogens is 3. The lowest BCUT2D eigenvalue weighted by atomic mass is 9.93. The molecule has 0 spiro atoms. The van der Waals surface area contributed by atoms with Gasteiger partial charge in [-0.15, -0.1) is 0 Å². The minimum Gasteiger partial charge on any atom is -0.468 e. The van der Waals surface area contributed by atoms with E-state index in [0.717, 1.165) is 18.4 Å². The van der Waals surface area contributed by atoms with Crippen LogP contribution in [0.15, 0.2) is 36.5 Å². The largest absolute Gasteiger partial charge is 0.468 e. The lowest BCUT2D eigenvalue weighted by molar-refractivity contribution is -0.154. The Bertz CT molecular complexity index is 965. The van der Waals surface area contributed by atoms with Crippen molar-refractivity contribution in [2.75, 3.05) is 6.61 Å². The Labute approximate surface area is 172 Å². The van der Waals surface area contributed by atoms with E-state index in [1.165, 1.54) is 6.20 Å². The van der Waals surface area contributed by atoms with Crippen molar-refractivity contribution in [3.8, 4) is 17.0 Å². The normalized spacial score (nSPS) is 17.8. The molecular weight excluding hydrogens is 397 g/mol. The van der Waals surface area contributed by atoms with E-state index >= 15 is 0 Å². The maximum atomic E-state index is 13.4. The second kappa shape index (κ2) is 7.27. The monoisotopic (exact) mass is 420 g/mol. The standard InChI is InChI=1S/C22H23F3N2O3/c1-21(2,29)18(13-8-9-13)27-11-14-5-3-6-15(17(14)20(27)28)16-7-4-10-26-19(16)30-12-22(23,24)25/h3-7,10,13,18,29H,8-9,11-12H2,1-2H3/t18-/m1/s1. The molecule has 0 bridgehead atoms. The van der Waals surface area contributed by atoms with Crippen LogP contribution in [0.1, 0.15) is 42.6 Å². The minimum absolute atomic E-state index is 0.171. The van der Waals surface area contributed by atoms with E-state index in [0.29, 0.717) is 23.2 Å². The average molecular weight is 420 g/mol. The molecule has 2 heterocycles. The molecule has 1 aliphatic heterocycles. The number of alkyl halides is 3. The van der Waals surface area contributed by atoms with E-state index in [1.807, 2.05) is 6.07 Å². The number of pyridine rings is 1. The van der Waals surface area contributed by atoms with Gasteiger partial charge in [-0.05, 0) is 50.3 Å². The zero-order valence-electron chi connectivity index (χ0n) is 16.7. The highest BCUT2D eigenvalue weighted by Crippen LogP contribution is 2.44. The summed E-state index contributed by atoms with van der Waals surface area (Å²) in [4.78, 5) is 19.1. The number of nitrogens with zero attached hydrogens (tertiary/aromatic N) is 2. The summed E-state index contributed by atoms with van der Waals surface area (Å²) in [5.74, 6) is -0.156. The van der Waals surface area contributed by atoms with Gasteiger partial charge in [0.1, 0.15) is 0 Å². The van der Waals surface area contributed by atoms with Gasteiger partial charge >= 0.3 is 6.18 Å². The van der Waals surface area contributed by atoms with E-state index in [9.17, 15) is 23.1 Å². The zero-order chi connectivity index (χ0) is 21.7. The van der Waals surface area contributed by atoms with Gasteiger partial charge in [-0.25, -0.2) is 4.98 Å². The molecule has 0 unspecified atom stereocenters. The molecule has 2 aliphatic rings. The highest BCUT2D eigenvalue weighted by molar-refractivity contribution is 6.05. The highest BCUT2D eigenvalue weighted by Gasteiger charge is 2.48. The molecule has 0 radical (unpaired) electrons. The molecule has 2 aromatic rings. The van der Waals surface area contributed by atoms with Crippen molar-refractivity contribution in [2.24, 2.45) is 5.92 Å². The molecule has 1 aliphatic carbocycles. The fraction of sp³-hybridized carbons (Fsp3) is 0.455. The summed E-state index contributed by atoms with van der Waals surface area (Å²) in [5.41, 5.74) is 0.958. The SMILES string of the molecule is CC(C)(O)[C@@H](C1CC1)N1Cc2cccc(-c3cccnc3OCC(F)(F)F)c2C1=O. The van der Waals surface area contributed by atoms with Gasteiger partial charge in [-0.2, -0.15) is 13.2 Å². The number of carbonyl (C=O) groups excluding carboxylic acids is 1. The summed E-state index contributed by atoms with van der Waals surface area (Å²) in [5, 5.41) is 10.7. The number of amides is 1. The third-order valence-corrected chi connectivity index (χ3v) is 5.53. The van der Waals surface area contributed by atoms with Crippen molar-refractivity contribution in [3.05, 3.63) is 47.7 Å². The van der Waals surface area contributed by atoms with Gasteiger partial charge in [-0.1, -0.05) is 18.2 Å². The van der Waals surface area contributed by atoms with Crippen LogP contribution in [0.4, 0.5) is 13.2 Å². The molecule has 1 N–H and O–H groups in total. The smallest absolute Gasteiger partial charge is 0.422 e. The summed E-state index contributed by atoms with van der Waals surface area (Å²) < 4.78 is 42.9. The topological polar surface area (TPSA) is 62.7 Å². The second-order valence-electron chi connectivity index (χ2n) is 8.47. The Kier molecular flexibility index (Phi) is 5.00. The Morgan fingerprint density at radius 3 is 2.53 bits per heavy atom. The van der Waals surface area contributed by atoms with E-state index in [2.05, 4.69) is 4.98 Å². The molecule has 1 saturated carbocycles. The number of rotatable bonds is 6. The molecule has 30 heavy (non-hydrogen) atoms. The Hall–Kier alpha value is -2.61. The number of hydrogen-bond donors (Lipinski definition) is 1. The minimum atomic E-state index is -4.50. The third kappa shape index (κ3) is 4.01. The van der Waals surface area contributed by atoms with E-state index in [4.69, 9.17) is 4.74 Å². The number of hydrogen-bond acceptors (Lipinski definition) is 4. The van der Waals surface area contributed by atoms with Crippen LogP contribution in [0.5, 0.6) is 5.88 Å². The number of carbonyl (C=O) groups is 1. The van der Waals surface area contributed by atoms with Crippen LogP contribution < -0.4 is 4.74 Å². The predicted molar refractivity (Wildman–Crippen MR) is 104 cm³/mol. The molecule has 8 heteroatoms. The summed E-state index contributed by atoms with van der Waals surface area (Å²) in [6.45, 7) is 2.30. The maximum Gasteiger partial charge on any atom is 0.422 e. The molecule has 1 amide bonds. The Morgan fingerprint density at radius 2 is 1.90 bits per heavy atom.